The van der Waals surface area contributed by atoms with Gasteiger partial charge in [-0.2, -0.15) is 0 Å². The summed E-state index contributed by atoms with van der Waals surface area (Å²) in [6, 6.07) is 9.67. The van der Waals surface area contributed by atoms with E-state index in [0.29, 0.717) is 5.58 Å². The standard InChI is InChI=1S/C19H16N4O5S/c1-19(13-8-10-4-2-3-5-12(10)28-13)17(26)23(18(27)22-19)9-14(24)21-16-11(15(20)25)6-7-29-16/h2-8H,9H2,1H3,(H2,20,25)(H,21,24)(H,22,27)/t19-/m1/s1. The van der Waals surface area contributed by atoms with E-state index in [2.05, 4.69) is 10.6 Å². The molecule has 5 amide bonds. The van der Waals surface area contributed by atoms with Gasteiger partial charge in [-0.15, -0.1) is 11.3 Å². The lowest BCUT2D eigenvalue weighted by Crippen LogP contribution is -2.41. The number of benzene rings is 1. The Morgan fingerprint density at radius 1 is 1.28 bits per heavy atom. The predicted molar refractivity (Wildman–Crippen MR) is 105 cm³/mol. The number of nitrogens with zero attached hydrogens (tertiary/aromatic N) is 1. The summed E-state index contributed by atoms with van der Waals surface area (Å²) in [6.07, 6.45) is 0. The van der Waals surface area contributed by atoms with Gasteiger partial charge in [-0.25, -0.2) is 4.79 Å². The summed E-state index contributed by atoms with van der Waals surface area (Å²) in [5.74, 6) is -1.66. The molecule has 1 fully saturated rings. The van der Waals surface area contributed by atoms with Gasteiger partial charge in [-0.1, -0.05) is 18.2 Å². The maximum Gasteiger partial charge on any atom is 0.325 e. The van der Waals surface area contributed by atoms with Crippen molar-refractivity contribution in [2.75, 3.05) is 11.9 Å². The maximum absolute atomic E-state index is 13.0. The quantitative estimate of drug-likeness (QED) is 0.551. The molecule has 0 spiro atoms. The number of rotatable bonds is 5. The lowest BCUT2D eigenvalue weighted by molar-refractivity contribution is -0.134. The molecule has 1 aliphatic rings. The highest BCUT2D eigenvalue weighted by Crippen LogP contribution is 2.33. The molecule has 1 atom stereocenters. The second kappa shape index (κ2) is 6.74. The number of anilines is 1. The summed E-state index contributed by atoms with van der Waals surface area (Å²) in [6.45, 7) is 1.00. The van der Waals surface area contributed by atoms with Crippen molar-refractivity contribution in [2.45, 2.75) is 12.5 Å². The van der Waals surface area contributed by atoms with E-state index in [0.717, 1.165) is 21.6 Å². The molecular weight excluding hydrogens is 396 g/mol. The Morgan fingerprint density at radius 3 is 2.76 bits per heavy atom. The Labute approximate surface area is 168 Å². The number of furan rings is 1. The molecular formula is C19H16N4O5S. The van der Waals surface area contributed by atoms with Gasteiger partial charge >= 0.3 is 6.03 Å². The average Bonchev–Trinajstić information content (AvgIpc) is 3.36. The van der Waals surface area contributed by atoms with Gasteiger partial charge in [-0.3, -0.25) is 19.3 Å². The molecule has 0 radical (unpaired) electrons. The van der Waals surface area contributed by atoms with Crippen LogP contribution in [-0.2, 0) is 15.1 Å². The molecule has 0 aliphatic carbocycles. The average molecular weight is 412 g/mol. The minimum Gasteiger partial charge on any atom is -0.458 e. The number of nitrogens with two attached hydrogens (primary N) is 1. The van der Waals surface area contributed by atoms with Gasteiger partial charge in [0, 0.05) is 5.39 Å². The van der Waals surface area contributed by atoms with Crippen molar-refractivity contribution in [3.8, 4) is 0 Å². The van der Waals surface area contributed by atoms with E-state index < -0.39 is 35.8 Å². The number of primary amides is 1. The van der Waals surface area contributed by atoms with Gasteiger partial charge in [0.2, 0.25) is 5.91 Å². The van der Waals surface area contributed by atoms with Crippen LogP contribution < -0.4 is 16.4 Å². The monoisotopic (exact) mass is 412 g/mol. The molecule has 3 heterocycles. The minimum atomic E-state index is -1.43. The Kier molecular flexibility index (Phi) is 4.35. The van der Waals surface area contributed by atoms with Gasteiger partial charge in [0.05, 0.1) is 5.56 Å². The second-order valence-electron chi connectivity index (χ2n) is 6.67. The maximum atomic E-state index is 13.0. The van der Waals surface area contributed by atoms with Gasteiger partial charge < -0.3 is 20.8 Å². The highest BCUT2D eigenvalue weighted by Gasteiger charge is 2.51. The first-order valence-corrected chi connectivity index (χ1v) is 9.48. The molecule has 4 N–H and O–H groups in total. The van der Waals surface area contributed by atoms with Gasteiger partial charge in [0.15, 0.2) is 5.54 Å². The van der Waals surface area contributed by atoms with Crippen LogP contribution in [0.5, 0.6) is 0 Å². The van der Waals surface area contributed by atoms with E-state index in [1.807, 2.05) is 12.1 Å². The normalized spacial score (nSPS) is 18.9. The van der Waals surface area contributed by atoms with E-state index >= 15 is 0 Å². The van der Waals surface area contributed by atoms with Crippen LogP contribution in [0.2, 0.25) is 0 Å². The van der Waals surface area contributed by atoms with E-state index in [-0.39, 0.29) is 16.3 Å². The number of thiophene rings is 1. The fraction of sp³-hybridized carbons (Fsp3) is 0.158. The van der Waals surface area contributed by atoms with Crippen LogP contribution in [0.15, 0.2) is 46.2 Å². The van der Waals surface area contributed by atoms with E-state index in [9.17, 15) is 19.2 Å². The van der Waals surface area contributed by atoms with E-state index in [1.165, 1.54) is 13.0 Å². The van der Waals surface area contributed by atoms with Crippen molar-refractivity contribution < 1.29 is 23.6 Å². The number of nitrogens with one attached hydrogen (secondary N) is 2. The van der Waals surface area contributed by atoms with Gasteiger partial charge in [0.1, 0.15) is 22.9 Å². The predicted octanol–water partition coefficient (Wildman–Crippen LogP) is 2.00. The molecule has 2 aromatic heterocycles. The fourth-order valence-corrected chi connectivity index (χ4v) is 3.95. The first-order valence-electron chi connectivity index (χ1n) is 8.60. The number of urea groups is 1. The highest BCUT2D eigenvalue weighted by atomic mass is 32.1. The van der Waals surface area contributed by atoms with Gasteiger partial charge in [0.25, 0.3) is 11.8 Å². The fourth-order valence-electron chi connectivity index (χ4n) is 3.15. The smallest absolute Gasteiger partial charge is 0.325 e. The van der Waals surface area contributed by atoms with Crippen LogP contribution in [0.3, 0.4) is 0 Å². The van der Waals surface area contributed by atoms with Gasteiger partial charge in [-0.05, 0) is 30.5 Å². The first kappa shape index (κ1) is 18.7. The Morgan fingerprint density at radius 2 is 2.03 bits per heavy atom. The molecule has 0 saturated carbocycles. The zero-order valence-corrected chi connectivity index (χ0v) is 16.0. The minimum absolute atomic E-state index is 0.160. The highest BCUT2D eigenvalue weighted by molar-refractivity contribution is 7.14. The lowest BCUT2D eigenvalue weighted by Gasteiger charge is -2.18. The van der Waals surface area contributed by atoms with Crippen molar-refractivity contribution in [3.63, 3.8) is 0 Å². The molecule has 1 saturated heterocycles. The number of para-hydroxylation sites is 1. The van der Waals surface area contributed by atoms with Crippen molar-refractivity contribution in [1.82, 2.24) is 10.2 Å². The zero-order chi connectivity index (χ0) is 20.8. The molecule has 1 aromatic carbocycles. The number of hydrogen-bond acceptors (Lipinski definition) is 6. The Hall–Kier alpha value is -3.66. The number of carbonyl (C=O) groups excluding carboxylic acids is 4. The van der Waals surface area contributed by atoms with Crippen molar-refractivity contribution in [1.29, 1.82) is 0 Å². The van der Waals surface area contributed by atoms with Crippen LogP contribution in [0.1, 0.15) is 23.0 Å². The molecule has 1 aliphatic heterocycles. The molecule has 0 bridgehead atoms. The van der Waals surface area contributed by atoms with Crippen LogP contribution in [-0.4, -0.2) is 35.2 Å². The third-order valence-corrected chi connectivity index (χ3v) is 5.51. The molecule has 0 unspecified atom stereocenters. The van der Waals surface area contributed by atoms with E-state index in [4.69, 9.17) is 10.2 Å². The summed E-state index contributed by atoms with van der Waals surface area (Å²) in [7, 11) is 0. The molecule has 9 nitrogen and oxygen atoms in total. The summed E-state index contributed by atoms with van der Waals surface area (Å²) >= 11 is 1.11. The molecule has 10 heteroatoms. The number of hydrogen-bond donors (Lipinski definition) is 3. The number of amides is 5. The molecule has 29 heavy (non-hydrogen) atoms. The van der Waals surface area contributed by atoms with Crippen molar-refractivity contribution in [2.24, 2.45) is 5.73 Å². The number of carbonyl (C=O) groups is 4. The van der Waals surface area contributed by atoms with Crippen molar-refractivity contribution in [3.05, 3.63) is 53.1 Å². The lowest BCUT2D eigenvalue weighted by atomic mass is 9.99. The topological polar surface area (TPSA) is 135 Å². The zero-order valence-electron chi connectivity index (χ0n) is 15.2. The SMILES string of the molecule is C[C@]1(c2cc3ccccc3o2)NC(=O)N(CC(=O)Nc2sccc2C(N)=O)C1=O. The third-order valence-electron chi connectivity index (χ3n) is 4.68. The summed E-state index contributed by atoms with van der Waals surface area (Å²) in [5, 5.41) is 7.75. The van der Waals surface area contributed by atoms with E-state index in [1.54, 1.807) is 23.6 Å². The number of imide groups is 1. The third kappa shape index (κ3) is 3.13. The largest absolute Gasteiger partial charge is 0.458 e. The van der Waals surface area contributed by atoms with Crippen LogP contribution >= 0.6 is 11.3 Å². The van der Waals surface area contributed by atoms with Crippen LogP contribution in [0.4, 0.5) is 9.80 Å². The molecule has 3 aromatic rings. The van der Waals surface area contributed by atoms with Crippen LogP contribution in [0.25, 0.3) is 11.0 Å². The van der Waals surface area contributed by atoms with Crippen molar-refractivity contribution >= 4 is 51.1 Å². The summed E-state index contributed by atoms with van der Waals surface area (Å²) in [5.41, 5.74) is 4.56. The summed E-state index contributed by atoms with van der Waals surface area (Å²) in [4.78, 5) is 49.9. The Bertz CT molecular complexity index is 1130. The molecule has 4 rings (SSSR count). The van der Waals surface area contributed by atoms with Crippen LogP contribution in [0, 0.1) is 0 Å². The Balaban J connectivity index is 1.54. The number of fused-ring (bicyclic) bond motifs is 1. The second-order valence-corrected chi connectivity index (χ2v) is 7.59. The molecule has 148 valence electrons. The summed E-state index contributed by atoms with van der Waals surface area (Å²) < 4.78 is 5.74. The first-order chi connectivity index (χ1) is 13.8.